The fraction of sp³-hybridized carbons (Fsp3) is 0.824. The van der Waals surface area contributed by atoms with Crippen LogP contribution >= 0.6 is 0 Å². The first-order valence-corrected chi connectivity index (χ1v) is 8.66. The Bertz CT molecular complexity index is 499. The molecule has 0 bridgehead atoms. The Kier molecular flexibility index (Phi) is 5.85. The number of hydrogen-bond donors (Lipinski definition) is 1. The first kappa shape index (κ1) is 18.7. The summed E-state index contributed by atoms with van der Waals surface area (Å²) in [5.74, 6) is -1.25. The number of carboxylic acid groups (broad SMARTS) is 1. The molecule has 7 nitrogen and oxygen atoms in total. The Morgan fingerprint density at radius 1 is 1.21 bits per heavy atom. The standard InChI is InChI=1S/C17H28N2O5/c1-12(2)14(20)18-9-5-13(6-10-18)15(21)19-8-4-7-17(19,11-24-3)16(22)23/h12-13H,4-11H2,1-3H3,(H,22,23). The van der Waals surface area contributed by atoms with Gasteiger partial charge in [0.1, 0.15) is 0 Å². The van der Waals surface area contributed by atoms with Crippen molar-refractivity contribution in [2.24, 2.45) is 11.8 Å². The number of carboxylic acids is 1. The summed E-state index contributed by atoms with van der Waals surface area (Å²) in [6.07, 6.45) is 2.28. The van der Waals surface area contributed by atoms with Gasteiger partial charge in [0.2, 0.25) is 11.8 Å². The zero-order valence-corrected chi connectivity index (χ0v) is 14.8. The van der Waals surface area contributed by atoms with Gasteiger partial charge in [0.15, 0.2) is 5.54 Å². The third-order valence-electron chi connectivity index (χ3n) is 5.19. The summed E-state index contributed by atoms with van der Waals surface area (Å²) in [6, 6.07) is 0. The maximum absolute atomic E-state index is 12.9. The Hall–Kier alpha value is -1.63. The van der Waals surface area contributed by atoms with Crippen LogP contribution in [0.1, 0.15) is 39.5 Å². The number of likely N-dealkylation sites (tertiary alicyclic amines) is 2. The first-order valence-electron chi connectivity index (χ1n) is 8.66. The van der Waals surface area contributed by atoms with Crippen molar-refractivity contribution in [2.75, 3.05) is 33.4 Å². The molecule has 2 aliphatic heterocycles. The molecule has 0 spiro atoms. The van der Waals surface area contributed by atoms with E-state index in [2.05, 4.69) is 0 Å². The van der Waals surface area contributed by atoms with Gasteiger partial charge in [-0.15, -0.1) is 0 Å². The number of hydrogen-bond acceptors (Lipinski definition) is 4. The fourth-order valence-electron chi connectivity index (χ4n) is 3.81. The quantitative estimate of drug-likeness (QED) is 0.806. The summed E-state index contributed by atoms with van der Waals surface area (Å²) >= 11 is 0. The van der Waals surface area contributed by atoms with E-state index in [1.165, 1.54) is 12.0 Å². The molecule has 1 unspecified atom stereocenters. The molecule has 1 N–H and O–H groups in total. The van der Waals surface area contributed by atoms with Gasteiger partial charge >= 0.3 is 5.97 Å². The predicted octanol–water partition coefficient (Wildman–Crippen LogP) is 0.973. The van der Waals surface area contributed by atoms with Crippen molar-refractivity contribution in [3.05, 3.63) is 0 Å². The van der Waals surface area contributed by atoms with E-state index in [-0.39, 0.29) is 30.3 Å². The van der Waals surface area contributed by atoms with Gasteiger partial charge in [-0.2, -0.15) is 0 Å². The number of methoxy groups -OCH3 is 1. The summed E-state index contributed by atoms with van der Waals surface area (Å²) < 4.78 is 5.11. The number of amides is 2. The highest BCUT2D eigenvalue weighted by molar-refractivity contribution is 5.89. The molecule has 1 atom stereocenters. The minimum Gasteiger partial charge on any atom is -0.479 e. The molecule has 0 radical (unpaired) electrons. The molecule has 0 aromatic rings. The van der Waals surface area contributed by atoms with Crippen molar-refractivity contribution in [2.45, 2.75) is 45.1 Å². The molecule has 2 fully saturated rings. The van der Waals surface area contributed by atoms with Crippen molar-refractivity contribution in [3.63, 3.8) is 0 Å². The van der Waals surface area contributed by atoms with E-state index in [1.54, 1.807) is 4.90 Å². The number of ether oxygens (including phenoxy) is 1. The predicted molar refractivity (Wildman–Crippen MR) is 87.3 cm³/mol. The van der Waals surface area contributed by atoms with E-state index in [4.69, 9.17) is 4.74 Å². The Balaban J connectivity index is 2.04. The highest BCUT2D eigenvalue weighted by Crippen LogP contribution is 2.33. The zero-order chi connectivity index (χ0) is 17.9. The Morgan fingerprint density at radius 2 is 1.83 bits per heavy atom. The molecule has 136 valence electrons. The van der Waals surface area contributed by atoms with Crippen molar-refractivity contribution in [1.29, 1.82) is 0 Å². The highest BCUT2D eigenvalue weighted by atomic mass is 16.5. The van der Waals surface area contributed by atoms with E-state index >= 15 is 0 Å². The number of piperidine rings is 1. The molecule has 2 amide bonds. The van der Waals surface area contributed by atoms with Gasteiger partial charge in [-0.25, -0.2) is 4.79 Å². The van der Waals surface area contributed by atoms with Gasteiger partial charge in [0, 0.05) is 38.6 Å². The van der Waals surface area contributed by atoms with Crippen LogP contribution in [0.2, 0.25) is 0 Å². The zero-order valence-electron chi connectivity index (χ0n) is 14.8. The molecule has 2 rings (SSSR count). The lowest BCUT2D eigenvalue weighted by atomic mass is 9.91. The van der Waals surface area contributed by atoms with Crippen molar-refractivity contribution >= 4 is 17.8 Å². The van der Waals surface area contributed by atoms with Crippen LogP contribution in [0.15, 0.2) is 0 Å². The maximum Gasteiger partial charge on any atom is 0.332 e. The van der Waals surface area contributed by atoms with Crippen LogP contribution in [0, 0.1) is 11.8 Å². The summed E-state index contributed by atoms with van der Waals surface area (Å²) in [6.45, 7) is 5.33. The van der Waals surface area contributed by atoms with E-state index < -0.39 is 11.5 Å². The van der Waals surface area contributed by atoms with E-state index in [0.29, 0.717) is 45.3 Å². The second-order valence-electron chi connectivity index (χ2n) is 7.12. The number of aliphatic carboxylic acids is 1. The molecular formula is C17H28N2O5. The third kappa shape index (κ3) is 3.41. The summed E-state index contributed by atoms with van der Waals surface area (Å²) in [5.41, 5.74) is -1.24. The van der Waals surface area contributed by atoms with Gasteiger partial charge in [0.25, 0.3) is 0 Å². The molecular weight excluding hydrogens is 312 g/mol. The molecule has 0 aliphatic carbocycles. The molecule has 7 heteroatoms. The van der Waals surface area contributed by atoms with Gasteiger partial charge in [-0.05, 0) is 25.7 Å². The smallest absolute Gasteiger partial charge is 0.332 e. The molecule has 0 aromatic carbocycles. The summed E-state index contributed by atoms with van der Waals surface area (Å²) in [7, 11) is 1.46. The van der Waals surface area contributed by atoms with E-state index in [9.17, 15) is 19.5 Å². The van der Waals surface area contributed by atoms with Crippen molar-refractivity contribution in [1.82, 2.24) is 9.80 Å². The lowest BCUT2D eigenvalue weighted by Gasteiger charge is -2.39. The molecule has 24 heavy (non-hydrogen) atoms. The third-order valence-corrected chi connectivity index (χ3v) is 5.19. The van der Waals surface area contributed by atoms with E-state index in [1.807, 2.05) is 13.8 Å². The largest absolute Gasteiger partial charge is 0.479 e. The normalized spacial score (nSPS) is 25.3. The van der Waals surface area contributed by atoms with Crippen LogP contribution in [0.4, 0.5) is 0 Å². The minimum atomic E-state index is -1.24. The topological polar surface area (TPSA) is 87.2 Å². The average molecular weight is 340 g/mol. The maximum atomic E-state index is 12.9. The molecule has 0 saturated carbocycles. The lowest BCUT2D eigenvalue weighted by Crippen LogP contribution is -2.58. The molecule has 2 heterocycles. The summed E-state index contributed by atoms with van der Waals surface area (Å²) in [4.78, 5) is 40.1. The molecule has 2 aliphatic rings. The monoisotopic (exact) mass is 340 g/mol. The highest BCUT2D eigenvalue weighted by Gasteiger charge is 2.51. The van der Waals surface area contributed by atoms with Crippen LogP contribution in [0.25, 0.3) is 0 Å². The van der Waals surface area contributed by atoms with Crippen LogP contribution in [0.5, 0.6) is 0 Å². The van der Waals surface area contributed by atoms with Crippen LogP contribution < -0.4 is 0 Å². The Morgan fingerprint density at radius 3 is 2.33 bits per heavy atom. The van der Waals surface area contributed by atoms with Gasteiger partial charge in [-0.1, -0.05) is 13.8 Å². The van der Waals surface area contributed by atoms with Gasteiger partial charge < -0.3 is 19.6 Å². The second-order valence-corrected chi connectivity index (χ2v) is 7.12. The van der Waals surface area contributed by atoms with Crippen LogP contribution in [-0.4, -0.2) is 71.6 Å². The number of rotatable bonds is 5. The average Bonchev–Trinajstić information content (AvgIpc) is 2.99. The number of carbonyl (C=O) groups excluding carboxylic acids is 2. The van der Waals surface area contributed by atoms with Crippen molar-refractivity contribution in [3.8, 4) is 0 Å². The number of carbonyl (C=O) groups is 3. The molecule has 0 aromatic heterocycles. The van der Waals surface area contributed by atoms with Gasteiger partial charge in [0.05, 0.1) is 6.61 Å². The van der Waals surface area contributed by atoms with Crippen LogP contribution in [-0.2, 0) is 19.1 Å². The van der Waals surface area contributed by atoms with Gasteiger partial charge in [-0.3, -0.25) is 9.59 Å². The number of nitrogens with zero attached hydrogens (tertiary/aromatic N) is 2. The van der Waals surface area contributed by atoms with E-state index in [0.717, 1.165) is 0 Å². The summed E-state index contributed by atoms with van der Waals surface area (Å²) in [5, 5.41) is 9.66. The fourth-order valence-corrected chi connectivity index (χ4v) is 3.81. The SMILES string of the molecule is COCC1(C(=O)O)CCCN1C(=O)C1CCN(C(=O)C(C)C)CC1. The second kappa shape index (κ2) is 7.51. The first-order chi connectivity index (χ1) is 11.3. The van der Waals surface area contributed by atoms with Crippen molar-refractivity contribution < 1.29 is 24.2 Å². The Labute approximate surface area is 142 Å². The minimum absolute atomic E-state index is 0.0127. The van der Waals surface area contributed by atoms with Crippen LogP contribution in [0.3, 0.4) is 0 Å². The lowest BCUT2D eigenvalue weighted by molar-refractivity contribution is -0.162. The molecule has 2 saturated heterocycles.